The quantitative estimate of drug-likeness (QED) is 0.664. The first-order valence-electron chi connectivity index (χ1n) is 5.83. The molecule has 0 saturated heterocycles. The topological polar surface area (TPSA) is 0 Å². The van der Waals surface area contributed by atoms with Crippen molar-refractivity contribution in [2.75, 3.05) is 0 Å². The van der Waals surface area contributed by atoms with Crippen LogP contribution in [0.25, 0.3) is 11.1 Å². The van der Waals surface area contributed by atoms with Crippen molar-refractivity contribution in [1.82, 2.24) is 0 Å². The Hall–Kier alpha value is -1.08. The van der Waals surface area contributed by atoms with Gasteiger partial charge in [-0.1, -0.05) is 45.8 Å². The molecule has 17 heavy (non-hydrogen) atoms. The summed E-state index contributed by atoms with van der Waals surface area (Å²) in [7, 11) is 0. The largest absolute Gasteiger partial charge is 0.0557 e. The molecule has 88 valence electrons. The molecule has 0 aliphatic rings. The third-order valence-corrected chi connectivity index (χ3v) is 4.01. The van der Waals surface area contributed by atoms with E-state index in [9.17, 15) is 0 Å². The fourth-order valence-corrected chi connectivity index (χ4v) is 2.68. The first-order chi connectivity index (χ1) is 7.99. The van der Waals surface area contributed by atoms with E-state index in [1.807, 2.05) is 0 Å². The molecule has 1 heteroatoms. The summed E-state index contributed by atoms with van der Waals surface area (Å²) >= 11 is 3.55. The molecule has 0 unspecified atom stereocenters. The van der Waals surface area contributed by atoms with Gasteiger partial charge < -0.3 is 0 Å². The molecule has 0 N–H and O–H groups in total. The number of aryl methyl sites for hydroxylation is 4. The predicted octanol–water partition coefficient (Wildman–Crippen LogP) is 5.35. The molecule has 2 aromatic rings. The number of rotatable bonds is 1. The molecule has 0 amide bonds. The Kier molecular flexibility index (Phi) is 3.39. The third-order valence-electron chi connectivity index (χ3n) is 3.12. The first kappa shape index (κ1) is 12.4. The zero-order valence-corrected chi connectivity index (χ0v) is 12.4. The molecule has 0 atom stereocenters. The fourth-order valence-electron chi connectivity index (χ4n) is 2.44. The molecule has 0 heterocycles. The van der Waals surface area contributed by atoms with Crippen LogP contribution in [0.3, 0.4) is 0 Å². The van der Waals surface area contributed by atoms with E-state index in [1.165, 1.54) is 37.9 Å². The van der Waals surface area contributed by atoms with Gasteiger partial charge in [0, 0.05) is 4.47 Å². The van der Waals surface area contributed by atoms with Crippen molar-refractivity contribution >= 4 is 15.9 Å². The standard InChI is InChI=1S/C16H17Br/c1-10-7-12(3)16(13(4)8-10)14-5-6-15(17)11(2)9-14/h5-9H,1-4H3. The van der Waals surface area contributed by atoms with Gasteiger partial charge in [-0.05, 0) is 61.6 Å². The van der Waals surface area contributed by atoms with Crippen LogP contribution in [0.15, 0.2) is 34.8 Å². The Morgan fingerprint density at radius 1 is 0.765 bits per heavy atom. The van der Waals surface area contributed by atoms with E-state index in [-0.39, 0.29) is 0 Å². The molecular formula is C16H17Br. The highest BCUT2D eigenvalue weighted by atomic mass is 79.9. The Bertz CT molecular complexity index is 545. The maximum absolute atomic E-state index is 3.55. The lowest BCUT2D eigenvalue weighted by atomic mass is 9.93. The molecular weight excluding hydrogens is 272 g/mol. The van der Waals surface area contributed by atoms with Crippen LogP contribution in [0.5, 0.6) is 0 Å². The van der Waals surface area contributed by atoms with E-state index in [0.717, 1.165) is 0 Å². The maximum Gasteiger partial charge on any atom is 0.0204 e. The monoisotopic (exact) mass is 288 g/mol. The predicted molar refractivity (Wildman–Crippen MR) is 78.5 cm³/mol. The van der Waals surface area contributed by atoms with Gasteiger partial charge in [0.1, 0.15) is 0 Å². The van der Waals surface area contributed by atoms with E-state index in [2.05, 4.69) is 74.0 Å². The number of halogens is 1. The lowest BCUT2D eigenvalue weighted by Crippen LogP contribution is -1.90. The third kappa shape index (κ3) is 2.44. The maximum atomic E-state index is 3.55. The van der Waals surface area contributed by atoms with Crippen LogP contribution in [0.2, 0.25) is 0 Å². The van der Waals surface area contributed by atoms with E-state index in [1.54, 1.807) is 0 Å². The SMILES string of the molecule is Cc1cc(C)c(-c2ccc(Br)c(C)c2)c(C)c1. The van der Waals surface area contributed by atoms with Crippen LogP contribution in [-0.2, 0) is 0 Å². The number of hydrogen-bond donors (Lipinski definition) is 0. The van der Waals surface area contributed by atoms with Crippen LogP contribution >= 0.6 is 15.9 Å². The minimum atomic E-state index is 1.17. The first-order valence-corrected chi connectivity index (χ1v) is 6.62. The molecule has 2 rings (SSSR count). The highest BCUT2D eigenvalue weighted by molar-refractivity contribution is 9.10. The van der Waals surface area contributed by atoms with Gasteiger partial charge >= 0.3 is 0 Å². The molecule has 0 aliphatic heterocycles. The van der Waals surface area contributed by atoms with Gasteiger partial charge in [-0.25, -0.2) is 0 Å². The molecule has 0 spiro atoms. The molecule has 0 saturated carbocycles. The van der Waals surface area contributed by atoms with Crippen LogP contribution in [0.4, 0.5) is 0 Å². The summed E-state index contributed by atoms with van der Waals surface area (Å²) in [5.74, 6) is 0. The zero-order chi connectivity index (χ0) is 12.6. The molecule has 0 aromatic heterocycles. The molecule has 2 aromatic carbocycles. The lowest BCUT2D eigenvalue weighted by molar-refractivity contribution is 1.31. The van der Waals surface area contributed by atoms with Crippen molar-refractivity contribution in [2.24, 2.45) is 0 Å². The van der Waals surface area contributed by atoms with E-state index in [0.29, 0.717) is 0 Å². The summed E-state index contributed by atoms with van der Waals surface area (Å²) in [5, 5.41) is 0. The Morgan fingerprint density at radius 2 is 1.35 bits per heavy atom. The summed E-state index contributed by atoms with van der Waals surface area (Å²) in [6, 6.07) is 11.1. The Balaban J connectivity index is 2.64. The van der Waals surface area contributed by atoms with Gasteiger partial charge in [-0.2, -0.15) is 0 Å². The number of hydrogen-bond acceptors (Lipinski definition) is 0. The van der Waals surface area contributed by atoms with Crippen molar-refractivity contribution in [3.8, 4) is 11.1 Å². The van der Waals surface area contributed by atoms with Crippen molar-refractivity contribution in [2.45, 2.75) is 27.7 Å². The average Bonchev–Trinajstić information content (AvgIpc) is 2.21. The highest BCUT2D eigenvalue weighted by Crippen LogP contribution is 2.30. The zero-order valence-electron chi connectivity index (χ0n) is 10.8. The minimum absolute atomic E-state index is 1.17. The highest BCUT2D eigenvalue weighted by Gasteiger charge is 2.07. The second kappa shape index (κ2) is 4.66. The second-order valence-electron chi connectivity index (χ2n) is 4.74. The van der Waals surface area contributed by atoms with E-state index >= 15 is 0 Å². The van der Waals surface area contributed by atoms with E-state index < -0.39 is 0 Å². The van der Waals surface area contributed by atoms with Gasteiger partial charge in [0.2, 0.25) is 0 Å². The van der Waals surface area contributed by atoms with Crippen LogP contribution in [0.1, 0.15) is 22.3 Å². The number of benzene rings is 2. The lowest BCUT2D eigenvalue weighted by Gasteiger charge is -2.12. The molecule has 0 nitrogen and oxygen atoms in total. The van der Waals surface area contributed by atoms with Crippen LogP contribution < -0.4 is 0 Å². The normalized spacial score (nSPS) is 10.6. The van der Waals surface area contributed by atoms with Gasteiger partial charge in [0.15, 0.2) is 0 Å². The Morgan fingerprint density at radius 3 is 1.88 bits per heavy atom. The second-order valence-corrected chi connectivity index (χ2v) is 5.59. The van der Waals surface area contributed by atoms with Crippen molar-refractivity contribution in [3.05, 3.63) is 57.1 Å². The van der Waals surface area contributed by atoms with Crippen molar-refractivity contribution in [1.29, 1.82) is 0 Å². The summed E-state index contributed by atoms with van der Waals surface area (Å²) in [6.07, 6.45) is 0. The van der Waals surface area contributed by atoms with Crippen molar-refractivity contribution < 1.29 is 0 Å². The van der Waals surface area contributed by atoms with Gasteiger partial charge in [-0.15, -0.1) is 0 Å². The van der Waals surface area contributed by atoms with Crippen molar-refractivity contribution in [3.63, 3.8) is 0 Å². The van der Waals surface area contributed by atoms with Gasteiger partial charge in [-0.3, -0.25) is 0 Å². The van der Waals surface area contributed by atoms with Gasteiger partial charge in [0.25, 0.3) is 0 Å². The summed E-state index contributed by atoms with van der Waals surface area (Å²) in [5.41, 5.74) is 7.99. The average molecular weight is 289 g/mol. The Labute approximate surface area is 112 Å². The molecule has 0 fully saturated rings. The summed E-state index contributed by atoms with van der Waals surface area (Å²) in [4.78, 5) is 0. The summed E-state index contributed by atoms with van der Waals surface area (Å²) in [6.45, 7) is 8.66. The molecule has 0 radical (unpaired) electrons. The minimum Gasteiger partial charge on any atom is -0.0557 e. The molecule has 0 aliphatic carbocycles. The van der Waals surface area contributed by atoms with Crippen LogP contribution in [-0.4, -0.2) is 0 Å². The smallest absolute Gasteiger partial charge is 0.0204 e. The fraction of sp³-hybridized carbons (Fsp3) is 0.250. The molecule has 0 bridgehead atoms. The van der Waals surface area contributed by atoms with Gasteiger partial charge in [0.05, 0.1) is 0 Å². The van der Waals surface area contributed by atoms with Crippen LogP contribution in [0, 0.1) is 27.7 Å². The summed E-state index contributed by atoms with van der Waals surface area (Å²) < 4.78 is 1.17. The van der Waals surface area contributed by atoms with E-state index in [4.69, 9.17) is 0 Å².